The Hall–Kier alpha value is -2.18. The number of rotatable bonds is 6. The zero-order chi connectivity index (χ0) is 14.3. The second kappa shape index (κ2) is 7.30. The summed E-state index contributed by atoms with van der Waals surface area (Å²) in [6.45, 7) is 4.02. The van der Waals surface area contributed by atoms with Gasteiger partial charge in [-0.2, -0.15) is 0 Å². The van der Waals surface area contributed by atoms with Crippen molar-refractivity contribution >= 4 is 12.0 Å². The SMILES string of the molecule is CC(C)C[C@H](NC(=O)NCc1ccncn1)C(=O)O. The second-order valence-electron chi connectivity index (χ2n) is 4.55. The third-order valence-electron chi connectivity index (χ3n) is 2.38. The predicted molar refractivity (Wildman–Crippen MR) is 68.3 cm³/mol. The van der Waals surface area contributed by atoms with Gasteiger partial charge in [-0.15, -0.1) is 0 Å². The van der Waals surface area contributed by atoms with Crippen molar-refractivity contribution in [3.8, 4) is 0 Å². The number of hydrogen-bond donors (Lipinski definition) is 3. The van der Waals surface area contributed by atoms with Crippen LogP contribution in [0, 0.1) is 5.92 Å². The summed E-state index contributed by atoms with van der Waals surface area (Å²) in [5.41, 5.74) is 0.654. The Labute approximate surface area is 111 Å². The smallest absolute Gasteiger partial charge is 0.326 e. The fraction of sp³-hybridized carbons (Fsp3) is 0.500. The van der Waals surface area contributed by atoms with E-state index in [1.165, 1.54) is 6.33 Å². The molecule has 0 aromatic carbocycles. The van der Waals surface area contributed by atoms with Crippen LogP contribution in [0.4, 0.5) is 4.79 Å². The number of nitrogens with zero attached hydrogens (tertiary/aromatic N) is 2. The van der Waals surface area contributed by atoms with Crippen LogP contribution in [0.15, 0.2) is 18.6 Å². The zero-order valence-corrected chi connectivity index (χ0v) is 11.0. The second-order valence-corrected chi connectivity index (χ2v) is 4.55. The van der Waals surface area contributed by atoms with E-state index in [1.807, 2.05) is 13.8 Å². The number of carboxylic acids is 1. The zero-order valence-electron chi connectivity index (χ0n) is 11.0. The molecule has 0 radical (unpaired) electrons. The highest BCUT2D eigenvalue weighted by Gasteiger charge is 2.20. The van der Waals surface area contributed by atoms with Gasteiger partial charge in [-0.1, -0.05) is 13.8 Å². The molecule has 0 aliphatic rings. The van der Waals surface area contributed by atoms with Gasteiger partial charge in [-0.3, -0.25) is 0 Å². The van der Waals surface area contributed by atoms with E-state index in [0.29, 0.717) is 12.1 Å². The Morgan fingerprint density at radius 1 is 1.42 bits per heavy atom. The van der Waals surface area contributed by atoms with Crippen LogP contribution in [-0.2, 0) is 11.3 Å². The molecular weight excluding hydrogens is 248 g/mol. The molecule has 0 saturated carbocycles. The maximum Gasteiger partial charge on any atom is 0.326 e. The van der Waals surface area contributed by atoms with Crippen molar-refractivity contribution < 1.29 is 14.7 Å². The van der Waals surface area contributed by atoms with Crippen molar-refractivity contribution in [2.75, 3.05) is 0 Å². The van der Waals surface area contributed by atoms with Gasteiger partial charge in [0.25, 0.3) is 0 Å². The molecule has 1 aromatic heterocycles. The minimum Gasteiger partial charge on any atom is -0.480 e. The lowest BCUT2D eigenvalue weighted by molar-refractivity contribution is -0.139. The molecule has 3 N–H and O–H groups in total. The van der Waals surface area contributed by atoms with Crippen molar-refractivity contribution in [2.45, 2.75) is 32.9 Å². The Bertz CT molecular complexity index is 422. The van der Waals surface area contributed by atoms with Gasteiger partial charge < -0.3 is 15.7 Å². The van der Waals surface area contributed by atoms with E-state index >= 15 is 0 Å². The van der Waals surface area contributed by atoms with Gasteiger partial charge in [0.15, 0.2) is 0 Å². The topological polar surface area (TPSA) is 104 Å². The quantitative estimate of drug-likeness (QED) is 0.705. The van der Waals surface area contributed by atoms with Gasteiger partial charge in [0.1, 0.15) is 12.4 Å². The van der Waals surface area contributed by atoms with E-state index in [9.17, 15) is 9.59 Å². The van der Waals surface area contributed by atoms with Crippen LogP contribution in [-0.4, -0.2) is 33.1 Å². The first-order valence-corrected chi connectivity index (χ1v) is 6.01. The molecule has 19 heavy (non-hydrogen) atoms. The van der Waals surface area contributed by atoms with Crippen molar-refractivity contribution in [3.63, 3.8) is 0 Å². The first kappa shape index (κ1) is 14.9. The average Bonchev–Trinajstić information content (AvgIpc) is 2.36. The van der Waals surface area contributed by atoms with Crippen LogP contribution in [0.1, 0.15) is 26.0 Å². The third kappa shape index (κ3) is 5.80. The van der Waals surface area contributed by atoms with Gasteiger partial charge >= 0.3 is 12.0 Å². The minimum atomic E-state index is -1.04. The lowest BCUT2D eigenvalue weighted by Crippen LogP contribution is -2.46. The Morgan fingerprint density at radius 3 is 2.68 bits per heavy atom. The number of aliphatic carboxylic acids is 1. The van der Waals surface area contributed by atoms with Crippen LogP contribution in [0.5, 0.6) is 0 Å². The average molecular weight is 266 g/mol. The fourth-order valence-electron chi connectivity index (χ4n) is 1.50. The number of nitrogens with one attached hydrogen (secondary N) is 2. The highest BCUT2D eigenvalue weighted by atomic mass is 16.4. The first-order valence-electron chi connectivity index (χ1n) is 6.01. The van der Waals surface area contributed by atoms with Crippen molar-refractivity contribution in [3.05, 3.63) is 24.3 Å². The van der Waals surface area contributed by atoms with Crippen molar-refractivity contribution in [1.29, 1.82) is 0 Å². The van der Waals surface area contributed by atoms with Crippen molar-refractivity contribution in [1.82, 2.24) is 20.6 Å². The molecule has 0 fully saturated rings. The van der Waals surface area contributed by atoms with Crippen LogP contribution in [0.25, 0.3) is 0 Å². The van der Waals surface area contributed by atoms with E-state index in [-0.39, 0.29) is 12.5 Å². The van der Waals surface area contributed by atoms with E-state index < -0.39 is 18.0 Å². The van der Waals surface area contributed by atoms with Gasteiger partial charge in [0.2, 0.25) is 0 Å². The minimum absolute atomic E-state index is 0.184. The van der Waals surface area contributed by atoms with Crippen LogP contribution >= 0.6 is 0 Å². The maximum atomic E-state index is 11.6. The highest BCUT2D eigenvalue weighted by molar-refractivity contribution is 5.82. The molecule has 0 spiro atoms. The number of aromatic nitrogens is 2. The molecule has 0 unspecified atom stereocenters. The van der Waals surface area contributed by atoms with Crippen molar-refractivity contribution in [2.24, 2.45) is 5.92 Å². The summed E-state index contributed by atoms with van der Waals surface area (Å²) >= 11 is 0. The van der Waals surface area contributed by atoms with Gasteiger partial charge in [0.05, 0.1) is 12.2 Å². The van der Waals surface area contributed by atoms with Crippen LogP contribution in [0.3, 0.4) is 0 Å². The molecule has 0 bridgehead atoms. The first-order chi connectivity index (χ1) is 8.99. The normalized spacial score (nSPS) is 11.9. The number of hydrogen-bond acceptors (Lipinski definition) is 4. The molecule has 0 saturated heterocycles. The molecule has 1 aromatic rings. The number of amides is 2. The largest absolute Gasteiger partial charge is 0.480 e. The summed E-state index contributed by atoms with van der Waals surface area (Å²) in [7, 11) is 0. The molecule has 0 aliphatic carbocycles. The Morgan fingerprint density at radius 2 is 2.16 bits per heavy atom. The van der Waals surface area contributed by atoms with E-state index in [0.717, 1.165) is 0 Å². The molecule has 1 heterocycles. The molecule has 0 aliphatic heterocycles. The van der Waals surface area contributed by atoms with Crippen LogP contribution < -0.4 is 10.6 Å². The molecule has 7 nitrogen and oxygen atoms in total. The molecule has 1 atom stereocenters. The molecule has 2 amide bonds. The summed E-state index contributed by atoms with van der Waals surface area (Å²) in [6.07, 6.45) is 3.34. The standard InChI is InChI=1S/C12H18N4O3/c1-8(2)5-10(11(17)18)16-12(19)14-6-9-3-4-13-7-15-9/h3-4,7-8,10H,5-6H2,1-2H3,(H,17,18)(H2,14,16,19)/t10-/m0/s1. The fourth-order valence-corrected chi connectivity index (χ4v) is 1.50. The summed E-state index contributed by atoms with van der Waals surface area (Å²) in [6, 6.07) is 0.264. The van der Waals surface area contributed by atoms with Gasteiger partial charge in [-0.05, 0) is 18.4 Å². The maximum absolute atomic E-state index is 11.6. The monoisotopic (exact) mass is 266 g/mol. The van der Waals surface area contributed by atoms with E-state index in [2.05, 4.69) is 20.6 Å². The summed E-state index contributed by atoms with van der Waals surface area (Å²) in [5.74, 6) is -0.853. The van der Waals surface area contributed by atoms with E-state index in [1.54, 1.807) is 12.3 Å². The molecule has 1 rings (SSSR count). The Kier molecular flexibility index (Phi) is 5.72. The Balaban J connectivity index is 2.42. The van der Waals surface area contributed by atoms with Gasteiger partial charge in [-0.25, -0.2) is 19.6 Å². The number of carboxylic acid groups (broad SMARTS) is 1. The predicted octanol–water partition coefficient (Wildman–Crippen LogP) is 0.775. The molecule has 104 valence electrons. The number of urea groups is 1. The number of carbonyl (C=O) groups is 2. The molecule has 7 heteroatoms. The highest BCUT2D eigenvalue weighted by Crippen LogP contribution is 2.04. The molecular formula is C12H18N4O3. The summed E-state index contributed by atoms with van der Waals surface area (Å²) in [4.78, 5) is 30.3. The van der Waals surface area contributed by atoms with E-state index in [4.69, 9.17) is 5.11 Å². The third-order valence-corrected chi connectivity index (χ3v) is 2.38. The van der Waals surface area contributed by atoms with Gasteiger partial charge in [0, 0.05) is 6.20 Å². The lowest BCUT2D eigenvalue weighted by Gasteiger charge is -2.16. The lowest BCUT2D eigenvalue weighted by atomic mass is 10.0. The summed E-state index contributed by atoms with van der Waals surface area (Å²) < 4.78 is 0. The van der Waals surface area contributed by atoms with Crippen LogP contribution in [0.2, 0.25) is 0 Å². The number of carbonyl (C=O) groups excluding carboxylic acids is 1. The summed E-state index contributed by atoms with van der Waals surface area (Å²) in [5, 5.41) is 14.0.